The smallest absolute Gasteiger partial charge is 0.335 e. The second kappa shape index (κ2) is 5.71. The van der Waals surface area contributed by atoms with Gasteiger partial charge in [0.15, 0.2) is 0 Å². The molecule has 0 aliphatic rings. The van der Waals surface area contributed by atoms with Gasteiger partial charge in [-0.15, -0.1) is 0 Å². The first kappa shape index (κ1) is 15.3. The van der Waals surface area contributed by atoms with Crippen molar-refractivity contribution in [2.24, 2.45) is 0 Å². The van der Waals surface area contributed by atoms with Crippen LogP contribution in [-0.2, 0) is 10.0 Å². The number of anilines is 1. The fraction of sp³-hybridized carbons (Fsp3) is 0.0769. The number of nitrogens with zero attached hydrogens (tertiary/aromatic N) is 1. The Balaban J connectivity index is 2.44. The first-order valence-corrected chi connectivity index (χ1v) is 7.64. The van der Waals surface area contributed by atoms with Crippen molar-refractivity contribution in [3.8, 4) is 0 Å². The summed E-state index contributed by atoms with van der Waals surface area (Å²) < 4.78 is 26.9. The van der Waals surface area contributed by atoms with Crippen LogP contribution >= 0.6 is 11.6 Å². The Morgan fingerprint density at radius 3 is 2.67 bits per heavy atom. The van der Waals surface area contributed by atoms with E-state index in [1.165, 1.54) is 36.5 Å². The van der Waals surface area contributed by atoms with Crippen molar-refractivity contribution in [3.63, 3.8) is 0 Å². The van der Waals surface area contributed by atoms with Gasteiger partial charge in [-0.1, -0.05) is 17.7 Å². The number of pyridine rings is 1. The zero-order chi connectivity index (χ0) is 15.6. The van der Waals surface area contributed by atoms with Crippen LogP contribution < -0.4 is 4.72 Å². The molecule has 1 aromatic heterocycles. The molecule has 1 heterocycles. The highest BCUT2D eigenvalue weighted by molar-refractivity contribution is 7.92. The summed E-state index contributed by atoms with van der Waals surface area (Å²) in [5, 5.41) is 8.80. The molecule has 0 atom stereocenters. The first-order chi connectivity index (χ1) is 9.81. The van der Waals surface area contributed by atoms with Crippen molar-refractivity contribution in [1.82, 2.24) is 4.98 Å². The predicted octanol–water partition coefficient (Wildman–Crippen LogP) is 2.54. The van der Waals surface area contributed by atoms with E-state index in [4.69, 9.17) is 16.7 Å². The van der Waals surface area contributed by atoms with Gasteiger partial charge in [-0.3, -0.25) is 4.72 Å². The Morgan fingerprint density at radius 1 is 1.33 bits per heavy atom. The molecular weight excluding hydrogens is 316 g/mol. The quantitative estimate of drug-likeness (QED) is 0.842. The van der Waals surface area contributed by atoms with Crippen LogP contribution in [0.2, 0.25) is 5.15 Å². The van der Waals surface area contributed by atoms with Crippen molar-refractivity contribution >= 4 is 33.3 Å². The second-order valence-corrected chi connectivity index (χ2v) is 6.24. The van der Waals surface area contributed by atoms with E-state index in [1.807, 2.05) is 0 Å². The molecule has 0 saturated heterocycles. The number of hydrogen-bond acceptors (Lipinski definition) is 4. The van der Waals surface area contributed by atoms with E-state index in [0.717, 1.165) is 0 Å². The lowest BCUT2D eigenvalue weighted by molar-refractivity contribution is 0.0697. The number of aromatic carboxylic acids is 1. The highest BCUT2D eigenvalue weighted by Gasteiger charge is 2.20. The molecule has 6 nitrogen and oxygen atoms in total. The van der Waals surface area contributed by atoms with Crippen molar-refractivity contribution in [1.29, 1.82) is 0 Å². The average Bonchev–Trinajstić information content (AvgIpc) is 2.41. The minimum Gasteiger partial charge on any atom is -0.478 e. The zero-order valence-corrected chi connectivity index (χ0v) is 12.4. The first-order valence-electron chi connectivity index (χ1n) is 5.78. The number of halogens is 1. The van der Waals surface area contributed by atoms with Crippen molar-refractivity contribution in [3.05, 3.63) is 52.8 Å². The Hall–Kier alpha value is -2.12. The molecule has 0 radical (unpaired) electrons. The minimum atomic E-state index is -3.95. The number of sulfonamides is 1. The van der Waals surface area contributed by atoms with Gasteiger partial charge < -0.3 is 5.11 Å². The molecule has 0 bridgehead atoms. The third-order valence-electron chi connectivity index (χ3n) is 2.74. The van der Waals surface area contributed by atoms with Crippen LogP contribution in [0.4, 0.5) is 5.69 Å². The number of benzene rings is 1. The minimum absolute atomic E-state index is 0.0180. The maximum absolute atomic E-state index is 12.3. The lowest BCUT2D eigenvalue weighted by Crippen LogP contribution is -2.15. The van der Waals surface area contributed by atoms with Crippen molar-refractivity contribution in [2.45, 2.75) is 11.8 Å². The van der Waals surface area contributed by atoms with Gasteiger partial charge in [-0.25, -0.2) is 18.2 Å². The third kappa shape index (κ3) is 3.32. The van der Waals surface area contributed by atoms with Gasteiger partial charge in [0.25, 0.3) is 10.0 Å². The van der Waals surface area contributed by atoms with E-state index >= 15 is 0 Å². The summed E-state index contributed by atoms with van der Waals surface area (Å²) in [5.74, 6) is -1.14. The fourth-order valence-corrected chi connectivity index (χ4v) is 3.21. The number of carboxylic acid groups (broad SMARTS) is 1. The molecule has 0 fully saturated rings. The summed E-state index contributed by atoms with van der Waals surface area (Å²) in [7, 11) is -3.95. The molecule has 0 amide bonds. The normalized spacial score (nSPS) is 11.1. The number of rotatable bonds is 4. The highest BCUT2D eigenvalue weighted by Crippen LogP contribution is 2.24. The summed E-state index contributed by atoms with van der Waals surface area (Å²) in [6.07, 6.45) is 1.37. The number of aromatic nitrogens is 1. The molecule has 2 aromatic rings. The Kier molecular flexibility index (Phi) is 4.15. The van der Waals surface area contributed by atoms with E-state index in [2.05, 4.69) is 9.71 Å². The average molecular weight is 327 g/mol. The summed E-state index contributed by atoms with van der Waals surface area (Å²) in [5.41, 5.74) is 0.744. The number of nitrogens with one attached hydrogen (secondary N) is 1. The monoisotopic (exact) mass is 326 g/mol. The van der Waals surface area contributed by atoms with E-state index < -0.39 is 16.0 Å². The van der Waals surface area contributed by atoms with Gasteiger partial charge in [0.2, 0.25) is 0 Å². The van der Waals surface area contributed by atoms with Gasteiger partial charge in [-0.05, 0) is 36.8 Å². The largest absolute Gasteiger partial charge is 0.478 e. The topological polar surface area (TPSA) is 96.4 Å². The Morgan fingerprint density at radius 2 is 2.05 bits per heavy atom. The molecule has 110 valence electrons. The number of aryl methyl sites for hydroxylation is 1. The van der Waals surface area contributed by atoms with Crippen LogP contribution in [0.3, 0.4) is 0 Å². The van der Waals surface area contributed by atoms with Crippen LogP contribution in [0.5, 0.6) is 0 Å². The summed E-state index contributed by atoms with van der Waals surface area (Å²) in [4.78, 5) is 14.5. The molecule has 0 aliphatic heterocycles. The lowest BCUT2D eigenvalue weighted by atomic mass is 10.1. The Bertz CT molecular complexity index is 806. The Labute approximate surface area is 126 Å². The van der Waals surface area contributed by atoms with Gasteiger partial charge in [0.05, 0.1) is 11.3 Å². The van der Waals surface area contributed by atoms with Gasteiger partial charge >= 0.3 is 5.97 Å². The summed E-state index contributed by atoms with van der Waals surface area (Å²) in [6.45, 7) is 1.66. The fourth-order valence-electron chi connectivity index (χ4n) is 1.64. The molecule has 1 aromatic carbocycles. The standard InChI is InChI=1S/C13H11ClN2O4S/c1-8-4-5-9(13(17)18)7-10(8)16-21(19,20)11-3-2-6-15-12(11)14/h2-7,16H,1H3,(H,17,18). The molecule has 0 saturated carbocycles. The van der Waals surface area contributed by atoms with Crippen molar-refractivity contribution in [2.75, 3.05) is 4.72 Å². The van der Waals surface area contributed by atoms with Crippen LogP contribution in [0, 0.1) is 6.92 Å². The molecule has 0 spiro atoms. The van der Waals surface area contributed by atoms with Crippen LogP contribution in [0.1, 0.15) is 15.9 Å². The van der Waals surface area contributed by atoms with Gasteiger partial charge in [0, 0.05) is 6.20 Å². The zero-order valence-electron chi connectivity index (χ0n) is 10.9. The molecule has 21 heavy (non-hydrogen) atoms. The van der Waals surface area contributed by atoms with E-state index in [9.17, 15) is 13.2 Å². The van der Waals surface area contributed by atoms with E-state index in [-0.39, 0.29) is 21.3 Å². The number of carbonyl (C=O) groups is 1. The summed E-state index contributed by atoms with van der Waals surface area (Å²) >= 11 is 5.77. The molecular formula is C13H11ClN2O4S. The lowest BCUT2D eigenvalue weighted by Gasteiger charge is -2.11. The maximum Gasteiger partial charge on any atom is 0.335 e. The second-order valence-electron chi connectivity index (χ2n) is 4.23. The van der Waals surface area contributed by atoms with Crippen LogP contribution in [0.25, 0.3) is 0 Å². The van der Waals surface area contributed by atoms with Gasteiger partial charge in [-0.2, -0.15) is 0 Å². The molecule has 2 N–H and O–H groups in total. The highest BCUT2D eigenvalue weighted by atomic mass is 35.5. The number of carboxylic acids is 1. The SMILES string of the molecule is Cc1ccc(C(=O)O)cc1NS(=O)(=O)c1cccnc1Cl. The van der Waals surface area contributed by atoms with E-state index in [1.54, 1.807) is 6.92 Å². The maximum atomic E-state index is 12.3. The molecule has 0 aliphatic carbocycles. The summed E-state index contributed by atoms with van der Waals surface area (Å²) in [6, 6.07) is 6.92. The van der Waals surface area contributed by atoms with Crippen LogP contribution in [0.15, 0.2) is 41.4 Å². The van der Waals surface area contributed by atoms with Gasteiger partial charge in [0.1, 0.15) is 10.0 Å². The van der Waals surface area contributed by atoms with E-state index in [0.29, 0.717) is 5.56 Å². The van der Waals surface area contributed by atoms with Crippen molar-refractivity contribution < 1.29 is 18.3 Å². The number of hydrogen-bond donors (Lipinski definition) is 2. The molecule has 2 rings (SSSR count). The third-order valence-corrected chi connectivity index (χ3v) is 4.55. The van der Waals surface area contributed by atoms with Crippen LogP contribution in [-0.4, -0.2) is 24.5 Å². The predicted molar refractivity (Wildman–Crippen MR) is 78.2 cm³/mol. The molecule has 8 heteroatoms. The molecule has 0 unspecified atom stereocenters.